The number of aromatic amines is 1. The lowest BCUT2D eigenvalue weighted by Crippen LogP contribution is -2.09. The first-order chi connectivity index (χ1) is 12.2. The lowest BCUT2D eigenvalue weighted by molar-refractivity contribution is 0.315. The van der Waals surface area contributed by atoms with Gasteiger partial charge in [-0.1, -0.05) is 24.4 Å². The van der Waals surface area contributed by atoms with Gasteiger partial charge in [0.05, 0.1) is 12.2 Å². The maximum absolute atomic E-state index is 13.1. The molecule has 0 amide bonds. The van der Waals surface area contributed by atoms with Gasteiger partial charge in [-0.3, -0.25) is 0 Å². The van der Waals surface area contributed by atoms with Crippen molar-refractivity contribution < 1.29 is 13.9 Å². The number of hydrogen-bond donors (Lipinski definition) is 1. The minimum atomic E-state index is -0.299. The number of benzene rings is 2. The van der Waals surface area contributed by atoms with Crippen molar-refractivity contribution in [1.82, 2.24) is 9.97 Å². The number of para-hydroxylation sites is 1. The smallest absolute Gasteiger partial charge is 0.205 e. The van der Waals surface area contributed by atoms with Gasteiger partial charge < -0.3 is 14.5 Å². The fourth-order valence-corrected chi connectivity index (χ4v) is 3.10. The summed E-state index contributed by atoms with van der Waals surface area (Å²) < 4.78 is 25.3. The van der Waals surface area contributed by atoms with Crippen molar-refractivity contribution in [3.8, 4) is 28.8 Å². The van der Waals surface area contributed by atoms with Crippen molar-refractivity contribution in [3.63, 3.8) is 0 Å². The van der Waals surface area contributed by atoms with Crippen LogP contribution < -0.4 is 9.47 Å². The summed E-state index contributed by atoms with van der Waals surface area (Å²) in [7, 11) is 0. The van der Waals surface area contributed by atoms with Crippen molar-refractivity contribution in [2.75, 3.05) is 6.61 Å². The molecule has 0 bridgehead atoms. The molecule has 6 heteroatoms. The maximum Gasteiger partial charge on any atom is 0.205 e. The molecule has 4 nitrogen and oxygen atoms in total. The summed E-state index contributed by atoms with van der Waals surface area (Å²) in [6, 6.07) is 11.9. The van der Waals surface area contributed by atoms with Gasteiger partial charge in [0.15, 0.2) is 11.5 Å². The molecule has 25 heavy (non-hydrogen) atoms. The van der Waals surface area contributed by atoms with E-state index in [4.69, 9.17) is 21.7 Å². The number of fused-ring (bicyclic) bond motifs is 2. The van der Waals surface area contributed by atoms with Crippen molar-refractivity contribution in [1.29, 1.82) is 0 Å². The quantitative estimate of drug-likeness (QED) is 0.524. The Hall–Kier alpha value is -2.73. The maximum atomic E-state index is 13.1. The van der Waals surface area contributed by atoms with Gasteiger partial charge in [0.1, 0.15) is 16.3 Å². The van der Waals surface area contributed by atoms with Crippen LogP contribution in [0.5, 0.6) is 17.4 Å². The van der Waals surface area contributed by atoms with E-state index in [9.17, 15) is 4.39 Å². The first-order valence-corrected chi connectivity index (χ1v) is 8.38. The number of nitrogens with zero attached hydrogens (tertiary/aromatic N) is 1. The van der Waals surface area contributed by atoms with Crippen molar-refractivity contribution in [2.24, 2.45) is 0 Å². The zero-order valence-corrected chi connectivity index (χ0v) is 14.3. The Morgan fingerprint density at radius 3 is 2.80 bits per heavy atom. The highest BCUT2D eigenvalue weighted by atomic mass is 32.1. The summed E-state index contributed by atoms with van der Waals surface area (Å²) in [6.45, 7) is 2.49. The van der Waals surface area contributed by atoms with Crippen molar-refractivity contribution in [3.05, 3.63) is 64.0 Å². The van der Waals surface area contributed by atoms with Crippen LogP contribution in [0.1, 0.15) is 18.1 Å². The van der Waals surface area contributed by atoms with E-state index in [-0.39, 0.29) is 5.82 Å². The number of ether oxygens (including phenoxy) is 2. The van der Waals surface area contributed by atoms with Crippen LogP contribution in [0.2, 0.25) is 0 Å². The van der Waals surface area contributed by atoms with Gasteiger partial charge in [-0.25, -0.2) is 9.37 Å². The van der Waals surface area contributed by atoms with Gasteiger partial charge in [-0.2, -0.15) is 0 Å². The van der Waals surface area contributed by atoms with Crippen molar-refractivity contribution >= 4 is 12.2 Å². The van der Waals surface area contributed by atoms with E-state index in [0.29, 0.717) is 40.9 Å². The lowest BCUT2D eigenvalue weighted by atomic mass is 10.0. The average Bonchev–Trinajstić information content (AvgIpc) is 2.62. The van der Waals surface area contributed by atoms with Crippen LogP contribution in [0, 0.1) is 10.5 Å². The minimum absolute atomic E-state index is 0.299. The minimum Gasteiger partial charge on any atom is -0.490 e. The average molecular weight is 354 g/mol. The molecule has 1 aromatic heterocycles. The molecule has 1 aliphatic rings. The monoisotopic (exact) mass is 354 g/mol. The molecule has 0 saturated carbocycles. The first-order valence-electron chi connectivity index (χ1n) is 7.97. The molecule has 1 N–H and O–H groups in total. The fraction of sp³-hybridized carbons (Fsp3) is 0.158. The van der Waals surface area contributed by atoms with Gasteiger partial charge in [0, 0.05) is 17.5 Å². The van der Waals surface area contributed by atoms with Gasteiger partial charge in [-0.15, -0.1) is 0 Å². The molecular formula is C19H15FN2O2S. The van der Waals surface area contributed by atoms with Crippen LogP contribution in [-0.4, -0.2) is 16.6 Å². The Kier molecular flexibility index (Phi) is 3.97. The zero-order valence-electron chi connectivity index (χ0n) is 13.5. The Morgan fingerprint density at radius 1 is 1.24 bits per heavy atom. The predicted octanol–water partition coefficient (Wildman–Crippen LogP) is 5.04. The molecule has 1 aliphatic heterocycles. The van der Waals surface area contributed by atoms with E-state index in [2.05, 4.69) is 9.97 Å². The van der Waals surface area contributed by atoms with Crippen LogP contribution in [-0.2, 0) is 6.42 Å². The molecule has 0 fully saturated rings. The topological polar surface area (TPSA) is 47.1 Å². The Morgan fingerprint density at radius 2 is 2.04 bits per heavy atom. The van der Waals surface area contributed by atoms with E-state index >= 15 is 0 Å². The van der Waals surface area contributed by atoms with Gasteiger partial charge in [0.25, 0.3) is 0 Å². The van der Waals surface area contributed by atoms with Gasteiger partial charge >= 0.3 is 0 Å². The number of rotatable bonds is 3. The summed E-state index contributed by atoms with van der Waals surface area (Å²) >= 11 is 5.45. The summed E-state index contributed by atoms with van der Waals surface area (Å²) in [4.78, 5) is 7.62. The third-order valence-electron chi connectivity index (χ3n) is 4.03. The first kappa shape index (κ1) is 15.8. The standard InChI is InChI=1S/C19H15FN2O2S/c1-2-23-15-5-3-4-12-10-14-18(24-16(12)15)21-17(22-19(14)25)11-6-8-13(20)9-7-11/h3-9H,2,10H2,1H3,(H,21,22,25). The summed E-state index contributed by atoms with van der Waals surface area (Å²) in [6.07, 6.45) is 0.623. The largest absolute Gasteiger partial charge is 0.490 e. The summed E-state index contributed by atoms with van der Waals surface area (Å²) in [5, 5.41) is 0. The van der Waals surface area contributed by atoms with E-state index in [0.717, 1.165) is 16.7 Å². The fourth-order valence-electron chi connectivity index (χ4n) is 2.84. The molecule has 4 rings (SSSR count). The SMILES string of the molecule is CCOc1cccc2c1Oc1[nH]c(-c3ccc(F)cc3)nc(=S)c1C2. The highest BCUT2D eigenvalue weighted by Crippen LogP contribution is 2.42. The van der Waals surface area contributed by atoms with E-state index in [1.54, 1.807) is 12.1 Å². The zero-order chi connectivity index (χ0) is 17.4. The number of nitrogens with one attached hydrogen (secondary N) is 1. The highest BCUT2D eigenvalue weighted by Gasteiger charge is 2.23. The second-order valence-electron chi connectivity index (χ2n) is 5.66. The molecule has 2 aromatic carbocycles. The molecular weight excluding hydrogens is 339 g/mol. The molecule has 0 saturated heterocycles. The molecule has 0 spiro atoms. The van der Waals surface area contributed by atoms with Crippen LogP contribution >= 0.6 is 12.2 Å². The van der Waals surface area contributed by atoms with Gasteiger partial charge in [-0.05, 0) is 37.3 Å². The van der Waals surface area contributed by atoms with Crippen LogP contribution in [0.3, 0.4) is 0 Å². The molecule has 2 heterocycles. The van der Waals surface area contributed by atoms with Crippen LogP contribution in [0.4, 0.5) is 4.39 Å². The molecule has 0 atom stereocenters. The lowest BCUT2D eigenvalue weighted by Gasteiger charge is -2.22. The van der Waals surface area contributed by atoms with Crippen LogP contribution in [0.25, 0.3) is 11.4 Å². The second-order valence-corrected chi connectivity index (χ2v) is 6.05. The Bertz CT molecular complexity index is 999. The van der Waals surface area contributed by atoms with E-state index in [1.165, 1.54) is 12.1 Å². The number of H-pyrrole nitrogens is 1. The molecule has 0 radical (unpaired) electrons. The number of aromatic nitrogens is 2. The van der Waals surface area contributed by atoms with Crippen molar-refractivity contribution in [2.45, 2.75) is 13.3 Å². The second kappa shape index (κ2) is 6.29. The normalized spacial score (nSPS) is 12.1. The Labute approximate surface area is 149 Å². The summed E-state index contributed by atoms with van der Waals surface area (Å²) in [5.74, 6) is 2.19. The van der Waals surface area contributed by atoms with Gasteiger partial charge in [0.2, 0.25) is 5.88 Å². The molecule has 0 aliphatic carbocycles. The van der Waals surface area contributed by atoms with E-state index in [1.807, 2.05) is 25.1 Å². The van der Waals surface area contributed by atoms with Crippen LogP contribution in [0.15, 0.2) is 42.5 Å². The summed E-state index contributed by atoms with van der Waals surface area (Å²) in [5.41, 5.74) is 2.58. The number of halogens is 1. The van der Waals surface area contributed by atoms with E-state index < -0.39 is 0 Å². The Balaban J connectivity index is 1.79. The third-order valence-corrected chi connectivity index (χ3v) is 4.36. The molecule has 126 valence electrons. The predicted molar refractivity (Wildman–Crippen MR) is 95.3 cm³/mol. The number of hydrogen-bond acceptors (Lipinski definition) is 4. The molecule has 3 aromatic rings. The highest BCUT2D eigenvalue weighted by molar-refractivity contribution is 7.71. The molecule has 0 unspecified atom stereocenters. The third kappa shape index (κ3) is 2.89.